The molecule has 8 nitrogen and oxygen atoms in total. The zero-order valence-corrected chi connectivity index (χ0v) is 16.7. The van der Waals surface area contributed by atoms with Crippen LogP contribution in [0.1, 0.15) is 34.9 Å². The van der Waals surface area contributed by atoms with Crippen molar-refractivity contribution in [3.63, 3.8) is 0 Å². The summed E-state index contributed by atoms with van der Waals surface area (Å²) in [4.78, 5) is 38.3. The highest BCUT2D eigenvalue weighted by Crippen LogP contribution is 2.24. The number of aryl methyl sites for hydroxylation is 1. The largest absolute Gasteiger partial charge is 0.465 e. The minimum atomic E-state index is -0.747. The van der Waals surface area contributed by atoms with Gasteiger partial charge < -0.3 is 19.9 Å². The summed E-state index contributed by atoms with van der Waals surface area (Å²) in [5.41, 5.74) is 1.90. The van der Waals surface area contributed by atoms with E-state index in [-0.39, 0.29) is 6.04 Å². The molecule has 1 aliphatic heterocycles. The summed E-state index contributed by atoms with van der Waals surface area (Å²) in [5.74, 6) is -1.91. The number of aromatic nitrogens is 1. The second-order valence-corrected chi connectivity index (χ2v) is 7.04. The van der Waals surface area contributed by atoms with Crippen LogP contribution in [0.25, 0.3) is 0 Å². The highest BCUT2D eigenvalue weighted by Gasteiger charge is 2.26. The quantitative estimate of drug-likeness (QED) is 0.571. The lowest BCUT2D eigenvalue weighted by Gasteiger charge is -2.28. The lowest BCUT2D eigenvalue weighted by atomic mass is 10.1. The predicted molar refractivity (Wildman–Crippen MR) is 108 cm³/mol. The number of anilines is 1. The fourth-order valence-electron chi connectivity index (χ4n) is 3.56. The Kier molecular flexibility index (Phi) is 6.66. The topological polar surface area (TPSA) is 92.7 Å². The van der Waals surface area contributed by atoms with E-state index in [2.05, 4.69) is 20.3 Å². The molecule has 8 heteroatoms. The van der Waals surface area contributed by atoms with Crippen molar-refractivity contribution in [3.8, 4) is 0 Å². The van der Waals surface area contributed by atoms with Crippen LogP contribution < -0.4 is 10.6 Å². The maximum Gasteiger partial charge on any atom is 0.337 e. The number of ether oxygens (including phenoxy) is 1. The maximum absolute atomic E-state index is 12.3. The molecule has 0 aliphatic carbocycles. The van der Waals surface area contributed by atoms with Gasteiger partial charge in [0.25, 0.3) is 0 Å². The molecule has 1 saturated heterocycles. The summed E-state index contributed by atoms with van der Waals surface area (Å²) in [5, 5.41) is 5.30. The molecule has 154 valence electrons. The van der Waals surface area contributed by atoms with E-state index < -0.39 is 17.8 Å². The highest BCUT2D eigenvalue weighted by atomic mass is 16.5. The number of nitrogens with one attached hydrogen (secondary N) is 2. The van der Waals surface area contributed by atoms with Crippen LogP contribution in [0.2, 0.25) is 0 Å². The van der Waals surface area contributed by atoms with Crippen LogP contribution in [0, 0.1) is 0 Å². The number of carbonyl (C=O) groups is 3. The van der Waals surface area contributed by atoms with Crippen LogP contribution in [0.3, 0.4) is 0 Å². The minimum absolute atomic E-state index is 0.0218. The number of benzene rings is 1. The van der Waals surface area contributed by atoms with Crippen molar-refractivity contribution in [3.05, 3.63) is 53.9 Å². The van der Waals surface area contributed by atoms with Crippen LogP contribution in [-0.2, 0) is 21.4 Å². The van der Waals surface area contributed by atoms with Gasteiger partial charge in [0.2, 0.25) is 0 Å². The number of esters is 1. The lowest BCUT2D eigenvalue weighted by Crippen LogP contribution is -2.41. The normalized spacial score (nSPS) is 15.0. The molecule has 1 fully saturated rings. The maximum atomic E-state index is 12.3. The number of carbonyl (C=O) groups excluding carboxylic acids is 3. The number of rotatable bonds is 6. The van der Waals surface area contributed by atoms with E-state index in [0.717, 1.165) is 31.6 Å². The van der Waals surface area contributed by atoms with Gasteiger partial charge in [-0.2, -0.15) is 0 Å². The average Bonchev–Trinajstić information content (AvgIpc) is 3.40. The molecule has 0 bridgehead atoms. The van der Waals surface area contributed by atoms with Crippen molar-refractivity contribution >= 4 is 23.5 Å². The van der Waals surface area contributed by atoms with Crippen molar-refractivity contribution < 1.29 is 19.1 Å². The van der Waals surface area contributed by atoms with Gasteiger partial charge in [-0.3, -0.25) is 14.5 Å². The Morgan fingerprint density at radius 1 is 1.07 bits per heavy atom. The second kappa shape index (κ2) is 9.38. The van der Waals surface area contributed by atoms with Gasteiger partial charge in [0.05, 0.1) is 18.7 Å². The van der Waals surface area contributed by atoms with Gasteiger partial charge in [0.15, 0.2) is 0 Å². The number of likely N-dealkylation sites (tertiary alicyclic amines) is 1. The third kappa shape index (κ3) is 5.03. The first-order chi connectivity index (χ1) is 14.0. The third-order valence-electron chi connectivity index (χ3n) is 5.13. The zero-order valence-electron chi connectivity index (χ0n) is 16.7. The highest BCUT2D eigenvalue weighted by molar-refractivity contribution is 6.39. The third-order valence-corrected chi connectivity index (χ3v) is 5.13. The van der Waals surface area contributed by atoms with Crippen molar-refractivity contribution in [2.45, 2.75) is 18.9 Å². The van der Waals surface area contributed by atoms with Crippen LogP contribution in [0.5, 0.6) is 0 Å². The second-order valence-electron chi connectivity index (χ2n) is 7.04. The monoisotopic (exact) mass is 398 g/mol. The molecule has 29 heavy (non-hydrogen) atoms. The Labute approximate surface area is 169 Å². The molecule has 0 radical (unpaired) electrons. The first-order valence-electron chi connectivity index (χ1n) is 9.62. The van der Waals surface area contributed by atoms with Crippen LogP contribution in [-0.4, -0.2) is 54.0 Å². The minimum Gasteiger partial charge on any atom is -0.465 e. The molecule has 2 amide bonds. The molecule has 0 saturated carbocycles. The van der Waals surface area contributed by atoms with Crippen molar-refractivity contribution in [2.24, 2.45) is 7.05 Å². The molecule has 1 aromatic heterocycles. The predicted octanol–water partition coefficient (Wildman–Crippen LogP) is 1.70. The molecule has 0 spiro atoms. The average molecular weight is 398 g/mol. The molecule has 3 rings (SSSR count). The van der Waals surface area contributed by atoms with Gasteiger partial charge in [0.1, 0.15) is 0 Å². The van der Waals surface area contributed by atoms with Crippen molar-refractivity contribution in [1.29, 1.82) is 0 Å². The van der Waals surface area contributed by atoms with E-state index >= 15 is 0 Å². The molecule has 2 heterocycles. The number of amides is 2. The van der Waals surface area contributed by atoms with E-state index in [1.54, 1.807) is 12.1 Å². The van der Waals surface area contributed by atoms with Crippen molar-refractivity contribution in [1.82, 2.24) is 14.8 Å². The van der Waals surface area contributed by atoms with Gasteiger partial charge in [0, 0.05) is 31.2 Å². The summed E-state index contributed by atoms with van der Waals surface area (Å²) in [6.45, 7) is 2.31. The van der Waals surface area contributed by atoms with E-state index in [1.165, 1.54) is 19.2 Å². The Balaban J connectivity index is 1.58. The Bertz CT molecular complexity index is 869. The van der Waals surface area contributed by atoms with Gasteiger partial charge in [-0.15, -0.1) is 0 Å². The zero-order chi connectivity index (χ0) is 20.8. The molecular formula is C21H26N4O4. The molecular weight excluding hydrogens is 372 g/mol. The van der Waals surface area contributed by atoms with E-state index in [1.807, 2.05) is 29.9 Å². The summed E-state index contributed by atoms with van der Waals surface area (Å²) < 4.78 is 6.67. The molecule has 1 atom stereocenters. The Morgan fingerprint density at radius 2 is 1.76 bits per heavy atom. The molecule has 1 aliphatic rings. The summed E-state index contributed by atoms with van der Waals surface area (Å²) in [7, 11) is 3.28. The van der Waals surface area contributed by atoms with Gasteiger partial charge in [-0.05, 0) is 62.3 Å². The molecule has 2 aromatic rings. The first kappa shape index (κ1) is 20.6. The van der Waals surface area contributed by atoms with Crippen LogP contribution in [0.4, 0.5) is 5.69 Å². The Hall–Kier alpha value is -3.13. The summed E-state index contributed by atoms with van der Waals surface area (Å²) in [6, 6.07) is 10.2. The van der Waals surface area contributed by atoms with Gasteiger partial charge >= 0.3 is 17.8 Å². The summed E-state index contributed by atoms with van der Waals surface area (Å²) in [6.07, 6.45) is 4.25. The van der Waals surface area contributed by atoms with Crippen molar-refractivity contribution in [2.75, 3.05) is 32.1 Å². The van der Waals surface area contributed by atoms with Gasteiger partial charge in [-0.25, -0.2) is 4.79 Å². The van der Waals surface area contributed by atoms with E-state index in [9.17, 15) is 14.4 Å². The fourth-order valence-corrected chi connectivity index (χ4v) is 3.56. The van der Waals surface area contributed by atoms with Crippen LogP contribution in [0.15, 0.2) is 42.6 Å². The first-order valence-corrected chi connectivity index (χ1v) is 9.62. The van der Waals surface area contributed by atoms with Gasteiger partial charge in [-0.1, -0.05) is 0 Å². The Morgan fingerprint density at radius 3 is 2.34 bits per heavy atom. The molecule has 1 aromatic carbocycles. The standard InChI is InChI=1S/C21H26N4O4/c1-24-11-5-6-17(24)18(25-12-3-4-13-25)14-22-19(26)20(27)23-16-9-7-15(8-10-16)21(28)29-2/h5-11,18H,3-4,12-14H2,1-2H3,(H,22,26)(H,23,27)/t18-/m1/s1. The van der Waals surface area contributed by atoms with E-state index in [4.69, 9.17) is 0 Å². The number of hydrogen-bond donors (Lipinski definition) is 2. The molecule has 0 unspecified atom stereocenters. The number of methoxy groups -OCH3 is 1. The number of hydrogen-bond acceptors (Lipinski definition) is 5. The van der Waals surface area contributed by atoms with E-state index in [0.29, 0.717) is 17.8 Å². The van der Waals surface area contributed by atoms with Crippen LogP contribution >= 0.6 is 0 Å². The smallest absolute Gasteiger partial charge is 0.337 e. The molecule has 2 N–H and O–H groups in total. The number of nitrogens with zero attached hydrogens (tertiary/aromatic N) is 2. The fraction of sp³-hybridized carbons (Fsp3) is 0.381. The summed E-state index contributed by atoms with van der Waals surface area (Å²) >= 11 is 0. The lowest BCUT2D eigenvalue weighted by molar-refractivity contribution is -0.136. The SMILES string of the molecule is COC(=O)c1ccc(NC(=O)C(=O)NC[C@H](c2cccn2C)N2CCCC2)cc1.